The Bertz CT molecular complexity index is 633. The number of imide groups is 1. The van der Waals surface area contributed by atoms with Gasteiger partial charge in [0.05, 0.1) is 11.5 Å². The highest BCUT2D eigenvalue weighted by atomic mass is 79.9. The summed E-state index contributed by atoms with van der Waals surface area (Å²) >= 11 is 4.36. The monoisotopic (exact) mass is 399 g/mol. The van der Waals surface area contributed by atoms with Crippen LogP contribution in [0, 0.1) is 0 Å². The molecule has 0 radical (unpaired) electrons. The molecular weight excluding hydrogens is 382 g/mol. The van der Waals surface area contributed by atoms with Gasteiger partial charge in [0.1, 0.15) is 5.75 Å². The standard InChI is InChI=1S/C16H18BrNO4S/c1-3-22-13-6-5-12(17)9-11(13)10-14-15(19)18(16(20)23-14)7-4-8-21-2/h5-6,9-10H,3-4,7-8H2,1-2H3/b14-10+. The molecule has 1 aromatic carbocycles. The molecule has 5 nitrogen and oxygen atoms in total. The molecule has 0 aliphatic carbocycles. The van der Waals surface area contributed by atoms with Crippen LogP contribution in [0.15, 0.2) is 27.6 Å². The molecule has 1 aliphatic rings. The summed E-state index contributed by atoms with van der Waals surface area (Å²) in [4.78, 5) is 26.1. The molecular formula is C16H18BrNO4S. The Hall–Kier alpha value is -1.31. The zero-order chi connectivity index (χ0) is 16.8. The van der Waals surface area contributed by atoms with Crippen LogP contribution in [0.1, 0.15) is 18.9 Å². The molecule has 2 rings (SSSR count). The molecule has 1 aliphatic heterocycles. The lowest BCUT2D eigenvalue weighted by Crippen LogP contribution is -2.29. The number of carbonyl (C=O) groups is 2. The summed E-state index contributed by atoms with van der Waals surface area (Å²) in [5, 5.41) is -0.245. The predicted molar refractivity (Wildman–Crippen MR) is 94.5 cm³/mol. The maximum atomic E-state index is 12.4. The van der Waals surface area contributed by atoms with Crippen molar-refractivity contribution in [3.8, 4) is 5.75 Å². The third kappa shape index (κ3) is 4.59. The molecule has 1 saturated heterocycles. The van der Waals surface area contributed by atoms with Crippen LogP contribution in [0.3, 0.4) is 0 Å². The van der Waals surface area contributed by atoms with E-state index in [0.717, 1.165) is 21.8 Å². The normalized spacial score (nSPS) is 16.5. The van der Waals surface area contributed by atoms with Crippen LogP contribution in [0.25, 0.3) is 6.08 Å². The van der Waals surface area contributed by atoms with Crippen molar-refractivity contribution in [2.75, 3.05) is 26.9 Å². The number of nitrogens with zero attached hydrogens (tertiary/aromatic N) is 1. The number of methoxy groups -OCH3 is 1. The van der Waals surface area contributed by atoms with E-state index in [1.165, 1.54) is 4.90 Å². The lowest BCUT2D eigenvalue weighted by molar-refractivity contribution is -0.122. The van der Waals surface area contributed by atoms with Crippen LogP contribution in [0.5, 0.6) is 5.75 Å². The summed E-state index contributed by atoms with van der Waals surface area (Å²) in [6.45, 7) is 3.31. The first-order valence-electron chi connectivity index (χ1n) is 7.23. The minimum atomic E-state index is -0.265. The van der Waals surface area contributed by atoms with Gasteiger partial charge in [0.25, 0.3) is 11.1 Å². The van der Waals surface area contributed by atoms with E-state index in [0.29, 0.717) is 36.8 Å². The molecule has 0 saturated carbocycles. The summed E-state index contributed by atoms with van der Waals surface area (Å²) in [5.41, 5.74) is 0.767. The maximum Gasteiger partial charge on any atom is 0.293 e. The average molecular weight is 400 g/mol. The van der Waals surface area contributed by atoms with E-state index < -0.39 is 0 Å². The second-order valence-corrected chi connectivity index (χ2v) is 6.70. The highest BCUT2D eigenvalue weighted by Gasteiger charge is 2.34. The quantitative estimate of drug-likeness (QED) is 0.513. The molecule has 0 N–H and O–H groups in total. The number of thioether (sulfide) groups is 1. The van der Waals surface area contributed by atoms with E-state index in [4.69, 9.17) is 9.47 Å². The smallest absolute Gasteiger partial charge is 0.293 e. The predicted octanol–water partition coefficient (Wildman–Crippen LogP) is 3.92. The van der Waals surface area contributed by atoms with Crippen molar-refractivity contribution in [1.29, 1.82) is 0 Å². The number of rotatable bonds is 7. The second-order valence-electron chi connectivity index (χ2n) is 4.79. The number of benzene rings is 1. The van der Waals surface area contributed by atoms with Crippen LogP contribution in [0.4, 0.5) is 4.79 Å². The molecule has 1 fully saturated rings. The lowest BCUT2D eigenvalue weighted by Gasteiger charge is -2.11. The Balaban J connectivity index is 2.22. The topological polar surface area (TPSA) is 55.8 Å². The van der Waals surface area contributed by atoms with Gasteiger partial charge in [0.2, 0.25) is 0 Å². The van der Waals surface area contributed by atoms with Gasteiger partial charge in [-0.1, -0.05) is 15.9 Å². The fraction of sp³-hybridized carbons (Fsp3) is 0.375. The van der Waals surface area contributed by atoms with Crippen LogP contribution < -0.4 is 4.74 Å². The minimum Gasteiger partial charge on any atom is -0.493 e. The van der Waals surface area contributed by atoms with E-state index >= 15 is 0 Å². The van der Waals surface area contributed by atoms with Crippen molar-refractivity contribution in [1.82, 2.24) is 4.90 Å². The van der Waals surface area contributed by atoms with Gasteiger partial charge in [-0.3, -0.25) is 14.5 Å². The SMILES string of the molecule is CCOc1ccc(Br)cc1/C=C1/SC(=O)N(CCCOC)C1=O. The Kier molecular flexibility index (Phi) is 6.68. The van der Waals surface area contributed by atoms with Gasteiger partial charge in [0, 0.05) is 30.3 Å². The van der Waals surface area contributed by atoms with Gasteiger partial charge < -0.3 is 9.47 Å². The first kappa shape index (κ1) is 18.0. The van der Waals surface area contributed by atoms with E-state index in [1.807, 2.05) is 25.1 Å². The Morgan fingerprint density at radius 1 is 1.35 bits per heavy atom. The molecule has 2 amide bonds. The van der Waals surface area contributed by atoms with Gasteiger partial charge in [-0.25, -0.2) is 0 Å². The lowest BCUT2D eigenvalue weighted by atomic mass is 10.2. The van der Waals surface area contributed by atoms with Gasteiger partial charge in [0.15, 0.2) is 0 Å². The molecule has 0 aromatic heterocycles. The van der Waals surface area contributed by atoms with Crippen molar-refractivity contribution in [2.24, 2.45) is 0 Å². The van der Waals surface area contributed by atoms with Gasteiger partial charge >= 0.3 is 0 Å². The Morgan fingerprint density at radius 3 is 2.83 bits per heavy atom. The molecule has 124 valence electrons. The summed E-state index contributed by atoms with van der Waals surface area (Å²) in [6.07, 6.45) is 2.33. The van der Waals surface area contributed by atoms with Crippen LogP contribution in [-0.4, -0.2) is 42.9 Å². The summed E-state index contributed by atoms with van der Waals surface area (Å²) in [7, 11) is 1.59. The van der Waals surface area contributed by atoms with Gasteiger partial charge in [-0.2, -0.15) is 0 Å². The Morgan fingerprint density at radius 2 is 2.13 bits per heavy atom. The van der Waals surface area contributed by atoms with E-state index in [2.05, 4.69) is 15.9 Å². The van der Waals surface area contributed by atoms with Crippen molar-refractivity contribution in [3.05, 3.63) is 33.1 Å². The fourth-order valence-corrected chi connectivity index (χ4v) is 3.35. The summed E-state index contributed by atoms with van der Waals surface area (Å²) < 4.78 is 11.4. The van der Waals surface area contributed by atoms with E-state index in [-0.39, 0.29) is 11.1 Å². The molecule has 0 spiro atoms. The number of amides is 2. The minimum absolute atomic E-state index is 0.245. The third-order valence-electron chi connectivity index (χ3n) is 3.16. The average Bonchev–Trinajstić information content (AvgIpc) is 2.78. The number of hydrogen-bond acceptors (Lipinski definition) is 5. The summed E-state index contributed by atoms with van der Waals surface area (Å²) in [5.74, 6) is 0.417. The van der Waals surface area contributed by atoms with Crippen LogP contribution in [0.2, 0.25) is 0 Å². The second kappa shape index (κ2) is 8.52. The van der Waals surface area contributed by atoms with Gasteiger partial charge in [-0.15, -0.1) is 0 Å². The van der Waals surface area contributed by atoms with Gasteiger partial charge in [-0.05, 0) is 49.4 Å². The van der Waals surface area contributed by atoms with Crippen LogP contribution in [-0.2, 0) is 9.53 Å². The largest absolute Gasteiger partial charge is 0.493 e. The Labute approximate surface area is 148 Å². The highest BCUT2D eigenvalue weighted by molar-refractivity contribution is 9.10. The highest BCUT2D eigenvalue weighted by Crippen LogP contribution is 2.34. The molecule has 7 heteroatoms. The number of halogens is 1. The zero-order valence-electron chi connectivity index (χ0n) is 13.0. The molecule has 1 heterocycles. The van der Waals surface area contributed by atoms with Crippen molar-refractivity contribution >= 4 is 44.9 Å². The van der Waals surface area contributed by atoms with E-state index in [1.54, 1.807) is 13.2 Å². The van der Waals surface area contributed by atoms with Crippen molar-refractivity contribution in [3.63, 3.8) is 0 Å². The number of ether oxygens (including phenoxy) is 2. The number of hydrogen-bond donors (Lipinski definition) is 0. The number of carbonyl (C=O) groups excluding carboxylic acids is 2. The molecule has 1 aromatic rings. The summed E-state index contributed by atoms with van der Waals surface area (Å²) in [6, 6.07) is 5.57. The van der Waals surface area contributed by atoms with Crippen molar-refractivity contribution in [2.45, 2.75) is 13.3 Å². The third-order valence-corrected chi connectivity index (χ3v) is 4.56. The molecule has 0 atom stereocenters. The zero-order valence-corrected chi connectivity index (χ0v) is 15.4. The maximum absolute atomic E-state index is 12.4. The fourth-order valence-electron chi connectivity index (χ4n) is 2.12. The van der Waals surface area contributed by atoms with E-state index in [9.17, 15) is 9.59 Å². The molecule has 23 heavy (non-hydrogen) atoms. The van der Waals surface area contributed by atoms with Crippen LogP contribution >= 0.6 is 27.7 Å². The molecule has 0 bridgehead atoms. The van der Waals surface area contributed by atoms with Crippen molar-refractivity contribution < 1.29 is 19.1 Å². The first-order chi connectivity index (χ1) is 11.1. The molecule has 0 unspecified atom stereocenters. The first-order valence-corrected chi connectivity index (χ1v) is 8.84.